The highest BCUT2D eigenvalue weighted by molar-refractivity contribution is 6.31. The van der Waals surface area contributed by atoms with E-state index >= 15 is 0 Å². The number of aromatic nitrogens is 6. The predicted octanol–water partition coefficient (Wildman–Crippen LogP) is 4.03. The number of nitrogens with one attached hydrogen (secondary N) is 1. The van der Waals surface area contributed by atoms with Crippen LogP contribution in [0.5, 0.6) is 11.5 Å². The molecular formula is C33H44Cl2N10O8. The molecule has 0 fully saturated rings. The minimum absolute atomic E-state index is 0. The summed E-state index contributed by atoms with van der Waals surface area (Å²) < 4.78 is 23.2. The number of halogens is 2. The topological polar surface area (TPSA) is 271 Å². The van der Waals surface area contributed by atoms with Gasteiger partial charge in [-0.1, -0.05) is 37.0 Å². The van der Waals surface area contributed by atoms with Gasteiger partial charge in [0.1, 0.15) is 24.2 Å². The number of hydrazine groups is 2. The van der Waals surface area contributed by atoms with E-state index in [9.17, 15) is 14.4 Å². The minimum atomic E-state index is -1.04. The second kappa shape index (κ2) is 23.2. The van der Waals surface area contributed by atoms with Crippen LogP contribution in [0.15, 0.2) is 61.2 Å². The van der Waals surface area contributed by atoms with E-state index in [4.69, 9.17) is 43.3 Å². The van der Waals surface area contributed by atoms with Crippen LogP contribution in [0.4, 0.5) is 4.79 Å². The smallest absolute Gasteiger partial charge is 0.491 e. The molecule has 0 saturated carbocycles. The first-order valence-electron chi connectivity index (χ1n) is 15.6. The van der Waals surface area contributed by atoms with Crippen LogP contribution in [0, 0.1) is 5.92 Å². The van der Waals surface area contributed by atoms with Gasteiger partial charge in [-0.15, -0.1) is 10.2 Å². The number of amides is 1. The van der Waals surface area contributed by atoms with E-state index in [0.717, 1.165) is 11.6 Å². The number of rotatable bonds is 12. The fourth-order valence-electron chi connectivity index (χ4n) is 3.73. The number of carbonyl (C=O) groups is 3. The molecule has 0 saturated heterocycles. The van der Waals surface area contributed by atoms with Gasteiger partial charge in [0.2, 0.25) is 0 Å². The molecule has 2 aromatic carbocycles. The molecule has 2 aromatic heterocycles. The highest BCUT2D eigenvalue weighted by atomic mass is 35.5. The van der Waals surface area contributed by atoms with Crippen molar-refractivity contribution in [2.45, 2.75) is 53.8 Å². The fourth-order valence-corrected chi connectivity index (χ4v) is 4.18. The molecule has 0 spiro atoms. The molecule has 9 N–H and O–H groups in total. The maximum Gasteiger partial charge on any atom is 0.516 e. The Morgan fingerprint density at radius 1 is 0.774 bits per heavy atom. The van der Waals surface area contributed by atoms with Crippen LogP contribution in [-0.4, -0.2) is 71.9 Å². The minimum Gasteiger partial charge on any atom is -0.491 e. The first kappa shape index (κ1) is 45.7. The molecular weight excluding hydrogens is 735 g/mol. The molecule has 18 nitrogen and oxygen atoms in total. The van der Waals surface area contributed by atoms with Crippen LogP contribution in [0.1, 0.15) is 41.5 Å². The van der Waals surface area contributed by atoms with Gasteiger partial charge in [-0.05, 0) is 70.0 Å². The van der Waals surface area contributed by atoms with E-state index in [2.05, 4.69) is 36.6 Å². The van der Waals surface area contributed by atoms with Gasteiger partial charge >= 0.3 is 12.1 Å². The quantitative estimate of drug-likeness (QED) is 0.0395. The molecule has 0 aliphatic heterocycles. The van der Waals surface area contributed by atoms with Crippen molar-refractivity contribution in [2.24, 2.45) is 23.4 Å². The molecule has 0 radical (unpaired) electrons. The highest BCUT2D eigenvalue weighted by Crippen LogP contribution is 2.28. The summed E-state index contributed by atoms with van der Waals surface area (Å²) in [4.78, 5) is 42.4. The number of nitrogens with two attached hydrogens (primary N) is 3. The Labute approximate surface area is 316 Å². The lowest BCUT2D eigenvalue weighted by Crippen LogP contribution is -2.28. The maximum absolute atomic E-state index is 11.6. The summed E-state index contributed by atoms with van der Waals surface area (Å²) in [5.41, 5.74) is 3.37. The summed E-state index contributed by atoms with van der Waals surface area (Å²) in [6, 6.07) is 10.5. The maximum atomic E-state index is 11.6. The van der Waals surface area contributed by atoms with Gasteiger partial charge in [0.05, 0.1) is 18.8 Å². The molecule has 20 heteroatoms. The molecule has 4 aromatic rings. The number of carbonyl (C=O) groups excluding carboxylic acids is 3. The normalized spacial score (nSPS) is 10.7. The molecule has 0 aliphatic rings. The van der Waals surface area contributed by atoms with E-state index in [1.54, 1.807) is 30.3 Å². The van der Waals surface area contributed by atoms with Crippen molar-refractivity contribution in [1.82, 2.24) is 35.0 Å². The summed E-state index contributed by atoms with van der Waals surface area (Å²) in [5, 5.41) is 9.48. The summed E-state index contributed by atoms with van der Waals surface area (Å²) in [7, 11) is 0. The second-order valence-electron chi connectivity index (χ2n) is 11.3. The van der Waals surface area contributed by atoms with E-state index in [-0.39, 0.29) is 30.2 Å². The van der Waals surface area contributed by atoms with Crippen LogP contribution in [0.3, 0.4) is 0 Å². The molecule has 2 heterocycles. The third-order valence-corrected chi connectivity index (χ3v) is 6.06. The lowest BCUT2D eigenvalue weighted by atomic mass is 10.2. The highest BCUT2D eigenvalue weighted by Gasteiger charge is 2.12. The summed E-state index contributed by atoms with van der Waals surface area (Å²) in [6.45, 7) is 11.6. The summed E-state index contributed by atoms with van der Waals surface area (Å²) in [6.07, 6.45) is 6.90. The number of hydrogen-bond acceptors (Lipinski definition) is 14. The lowest BCUT2D eigenvalue weighted by molar-refractivity contribution is -0.134. The van der Waals surface area contributed by atoms with Crippen molar-refractivity contribution in [3.63, 3.8) is 0 Å². The average molecular weight is 780 g/mol. The first-order valence-corrected chi connectivity index (χ1v) is 16.3. The SMILES string of the molecule is CC(C)COC(=O)OC(=O)/C=C\n1cnc(-c2cc(Cl)cc(OC(C)C)c2)n1.CC(C)Oc1cc(Cl)cc(-c2ncn(/C=C\C(=O)NN)n2)c1.NN.O. The van der Waals surface area contributed by atoms with Crippen LogP contribution in [0.25, 0.3) is 35.2 Å². The number of nitrogens with zero attached hydrogens (tertiary/aromatic N) is 6. The monoisotopic (exact) mass is 778 g/mol. The van der Waals surface area contributed by atoms with E-state index in [1.165, 1.54) is 40.5 Å². The van der Waals surface area contributed by atoms with Gasteiger partial charge in [0, 0.05) is 45.7 Å². The van der Waals surface area contributed by atoms with Crippen molar-refractivity contribution in [3.05, 3.63) is 71.3 Å². The zero-order valence-electron chi connectivity index (χ0n) is 29.9. The van der Waals surface area contributed by atoms with Crippen LogP contribution in [-0.2, 0) is 19.1 Å². The Morgan fingerprint density at radius 2 is 1.23 bits per heavy atom. The molecule has 0 atom stereocenters. The van der Waals surface area contributed by atoms with Crippen molar-refractivity contribution >= 4 is 53.6 Å². The molecule has 1 amide bonds. The molecule has 0 unspecified atom stereocenters. The van der Waals surface area contributed by atoms with Crippen molar-refractivity contribution < 1.29 is 38.8 Å². The average Bonchev–Trinajstić information content (AvgIpc) is 3.76. The third-order valence-electron chi connectivity index (χ3n) is 5.62. The first-order chi connectivity index (χ1) is 24.7. The molecule has 4 rings (SSSR count). The van der Waals surface area contributed by atoms with Gasteiger partial charge in [-0.25, -0.2) is 34.8 Å². The summed E-state index contributed by atoms with van der Waals surface area (Å²) in [5.74, 6) is 13.9. The van der Waals surface area contributed by atoms with Gasteiger partial charge in [0.15, 0.2) is 11.6 Å². The van der Waals surface area contributed by atoms with Gasteiger partial charge < -0.3 is 24.4 Å². The third kappa shape index (κ3) is 17.1. The van der Waals surface area contributed by atoms with E-state index < -0.39 is 18.0 Å². The molecule has 0 bridgehead atoms. The van der Waals surface area contributed by atoms with Crippen LogP contribution >= 0.6 is 23.2 Å². The Balaban J connectivity index is 0.000000509. The van der Waals surface area contributed by atoms with Crippen LogP contribution < -0.4 is 32.4 Å². The Hall–Kier alpha value is -5.37. The number of esters is 1. The number of ether oxygens (including phenoxy) is 4. The fraction of sp³-hybridized carbons (Fsp3) is 0.303. The number of benzene rings is 2. The Bertz CT molecular complexity index is 1830. The van der Waals surface area contributed by atoms with Crippen molar-refractivity contribution in [2.75, 3.05) is 6.61 Å². The van der Waals surface area contributed by atoms with Gasteiger partial charge in [0.25, 0.3) is 5.91 Å². The van der Waals surface area contributed by atoms with Gasteiger partial charge in [-0.2, -0.15) is 0 Å². The largest absolute Gasteiger partial charge is 0.516 e. The zero-order valence-corrected chi connectivity index (χ0v) is 31.4. The Morgan fingerprint density at radius 3 is 1.64 bits per heavy atom. The van der Waals surface area contributed by atoms with Crippen molar-refractivity contribution in [1.29, 1.82) is 0 Å². The van der Waals surface area contributed by atoms with Gasteiger partial charge in [-0.3, -0.25) is 21.9 Å². The van der Waals surface area contributed by atoms with Crippen molar-refractivity contribution in [3.8, 4) is 34.3 Å². The molecule has 0 aliphatic carbocycles. The van der Waals surface area contributed by atoms with Crippen LogP contribution in [0.2, 0.25) is 10.0 Å². The standard InChI is InChI=1S/C19H22ClN3O5.C14H16ClN5O2.H4N2.H2O/c1-12(2)10-26-19(25)28-17(24)5-6-23-11-21-18(22-23)14-7-15(20)9-16(8-14)27-13(3)4;1-9(2)22-12-6-10(5-11(15)7-12)14-17-8-20(19-14)4-3-13(21)18-16;1-2;/h5-9,11-13H,10H2,1-4H3;3-9H,16H2,1-2H3,(H,18,21);1-2H2;1H2/b6-5-;4-3-;;. The molecule has 53 heavy (non-hydrogen) atoms. The molecule has 288 valence electrons. The Kier molecular flexibility index (Phi) is 20.0. The summed E-state index contributed by atoms with van der Waals surface area (Å²) >= 11 is 12.2. The second-order valence-corrected chi connectivity index (χ2v) is 12.2. The number of hydrogen-bond donors (Lipinski definition) is 4. The predicted molar refractivity (Wildman–Crippen MR) is 200 cm³/mol. The van der Waals surface area contributed by atoms with E-state index in [0.29, 0.717) is 38.8 Å². The zero-order chi connectivity index (χ0) is 38.8. The van der Waals surface area contributed by atoms with E-state index in [1.807, 2.05) is 53.0 Å². The lowest BCUT2D eigenvalue weighted by Gasteiger charge is -2.10.